The van der Waals surface area contributed by atoms with Crippen molar-refractivity contribution in [3.63, 3.8) is 0 Å². The second-order valence-electron chi connectivity index (χ2n) is 7.25. The first-order chi connectivity index (χ1) is 15.2. The molecule has 0 saturated heterocycles. The molecular formula is C25H19N3O3. The number of aromatic nitrogens is 1. The Morgan fingerprint density at radius 1 is 0.935 bits per heavy atom. The van der Waals surface area contributed by atoms with E-state index >= 15 is 0 Å². The lowest BCUT2D eigenvalue weighted by atomic mass is 9.98. The summed E-state index contributed by atoms with van der Waals surface area (Å²) in [6.45, 7) is 0. The number of phenols is 1. The van der Waals surface area contributed by atoms with Crippen molar-refractivity contribution < 1.29 is 14.3 Å². The van der Waals surface area contributed by atoms with Gasteiger partial charge in [-0.1, -0.05) is 54.6 Å². The largest absolute Gasteiger partial charge is 0.508 e. The zero-order chi connectivity index (χ0) is 21.2. The van der Waals surface area contributed by atoms with Crippen LogP contribution < -0.4 is 0 Å². The average molecular weight is 409 g/mol. The molecule has 6 nitrogen and oxygen atoms in total. The van der Waals surface area contributed by atoms with Gasteiger partial charge in [0.05, 0.1) is 11.8 Å². The Kier molecular flexibility index (Phi) is 4.80. The number of para-hydroxylation sites is 1. The summed E-state index contributed by atoms with van der Waals surface area (Å²) in [6.07, 6.45) is 3.87. The third-order valence-corrected chi connectivity index (χ3v) is 5.28. The second kappa shape index (κ2) is 7.91. The average Bonchev–Trinajstić information content (AvgIpc) is 3.48. The fraction of sp³-hybridized carbons (Fsp3) is 0.0800. The molecule has 1 unspecified atom stereocenters. The minimum Gasteiger partial charge on any atom is -0.508 e. The highest BCUT2D eigenvalue weighted by Crippen LogP contribution is 2.38. The molecule has 3 heterocycles. The zero-order valence-electron chi connectivity index (χ0n) is 16.6. The number of amides is 1. The van der Waals surface area contributed by atoms with Crippen LogP contribution in [0.25, 0.3) is 11.3 Å². The van der Waals surface area contributed by atoms with Crippen LogP contribution in [0.1, 0.15) is 34.1 Å². The van der Waals surface area contributed by atoms with Gasteiger partial charge >= 0.3 is 5.91 Å². The number of hydrazone groups is 1. The van der Waals surface area contributed by atoms with Crippen molar-refractivity contribution in [2.24, 2.45) is 5.10 Å². The number of carbonyl (C=O) groups is 1. The molecule has 2 aromatic heterocycles. The Morgan fingerprint density at radius 2 is 1.71 bits per heavy atom. The molecule has 0 spiro atoms. The molecule has 1 atom stereocenters. The van der Waals surface area contributed by atoms with Gasteiger partial charge in [0.2, 0.25) is 0 Å². The summed E-state index contributed by atoms with van der Waals surface area (Å²) in [5.41, 5.74) is 3.08. The quantitative estimate of drug-likeness (QED) is 0.512. The van der Waals surface area contributed by atoms with Crippen molar-refractivity contribution in [1.29, 1.82) is 0 Å². The van der Waals surface area contributed by atoms with Gasteiger partial charge in [-0.25, -0.2) is 5.01 Å². The molecule has 0 fully saturated rings. The van der Waals surface area contributed by atoms with E-state index < -0.39 is 6.04 Å². The number of carbonyl (C=O) groups excluding carboxylic acids is 1. The Bertz CT molecular complexity index is 1250. The molecule has 152 valence electrons. The summed E-state index contributed by atoms with van der Waals surface area (Å²) in [4.78, 5) is 17.5. The predicted octanol–water partition coefficient (Wildman–Crippen LogP) is 5.04. The van der Waals surface area contributed by atoms with Crippen molar-refractivity contribution in [2.75, 3.05) is 0 Å². The van der Waals surface area contributed by atoms with Crippen LogP contribution in [-0.4, -0.2) is 26.7 Å². The van der Waals surface area contributed by atoms with E-state index in [1.807, 2.05) is 48.5 Å². The first-order valence-electron chi connectivity index (χ1n) is 9.95. The van der Waals surface area contributed by atoms with Gasteiger partial charge in [0.1, 0.15) is 11.5 Å². The van der Waals surface area contributed by atoms with Gasteiger partial charge < -0.3 is 9.52 Å². The monoisotopic (exact) mass is 409 g/mol. The molecule has 5 rings (SSSR count). The van der Waals surface area contributed by atoms with Crippen LogP contribution in [0.3, 0.4) is 0 Å². The van der Waals surface area contributed by atoms with Gasteiger partial charge in [0, 0.05) is 35.5 Å². The molecule has 1 amide bonds. The minimum atomic E-state index is -0.450. The molecule has 0 aliphatic carbocycles. The third-order valence-electron chi connectivity index (χ3n) is 5.28. The van der Waals surface area contributed by atoms with E-state index in [0.29, 0.717) is 17.7 Å². The molecule has 4 aromatic rings. The SMILES string of the molecule is O=C(c1ccc(-c2ccccc2)o1)N1N=C(c2cccnc2)CC1c1ccccc1O. The maximum atomic E-state index is 13.4. The fourth-order valence-corrected chi connectivity index (χ4v) is 3.74. The van der Waals surface area contributed by atoms with Crippen molar-refractivity contribution in [2.45, 2.75) is 12.5 Å². The van der Waals surface area contributed by atoms with Gasteiger partial charge in [0.15, 0.2) is 5.76 Å². The third kappa shape index (κ3) is 3.59. The molecule has 0 saturated carbocycles. The molecule has 31 heavy (non-hydrogen) atoms. The van der Waals surface area contributed by atoms with Crippen LogP contribution in [0, 0.1) is 0 Å². The number of furan rings is 1. The summed E-state index contributed by atoms with van der Waals surface area (Å²) >= 11 is 0. The smallest absolute Gasteiger partial charge is 0.310 e. The number of phenolic OH excluding ortho intramolecular Hbond substituents is 1. The molecule has 0 radical (unpaired) electrons. The molecule has 0 bridgehead atoms. The number of hydrogen-bond acceptors (Lipinski definition) is 5. The van der Waals surface area contributed by atoms with Crippen molar-refractivity contribution in [1.82, 2.24) is 9.99 Å². The topological polar surface area (TPSA) is 78.9 Å². The van der Waals surface area contributed by atoms with Crippen LogP contribution >= 0.6 is 0 Å². The van der Waals surface area contributed by atoms with E-state index in [9.17, 15) is 9.90 Å². The van der Waals surface area contributed by atoms with E-state index in [2.05, 4.69) is 10.1 Å². The Balaban J connectivity index is 1.52. The normalized spacial score (nSPS) is 15.7. The minimum absolute atomic E-state index is 0.123. The van der Waals surface area contributed by atoms with E-state index in [-0.39, 0.29) is 17.4 Å². The van der Waals surface area contributed by atoms with Gasteiger partial charge in [-0.2, -0.15) is 5.10 Å². The maximum absolute atomic E-state index is 13.4. The number of nitrogens with zero attached hydrogens (tertiary/aromatic N) is 3. The number of hydrogen-bond donors (Lipinski definition) is 1. The van der Waals surface area contributed by atoms with Crippen LogP contribution in [-0.2, 0) is 0 Å². The van der Waals surface area contributed by atoms with Crippen LogP contribution in [0.4, 0.5) is 0 Å². The number of rotatable bonds is 4. The van der Waals surface area contributed by atoms with Crippen molar-refractivity contribution >= 4 is 11.6 Å². The molecule has 1 aliphatic heterocycles. The van der Waals surface area contributed by atoms with Gasteiger partial charge in [-0.3, -0.25) is 9.78 Å². The van der Waals surface area contributed by atoms with E-state index in [1.54, 1.807) is 42.7 Å². The summed E-state index contributed by atoms with van der Waals surface area (Å²) in [7, 11) is 0. The molecule has 6 heteroatoms. The summed E-state index contributed by atoms with van der Waals surface area (Å²) in [5, 5.41) is 16.4. The molecule has 1 N–H and O–H groups in total. The van der Waals surface area contributed by atoms with E-state index in [0.717, 1.165) is 16.8 Å². The lowest BCUT2D eigenvalue weighted by Crippen LogP contribution is -2.26. The molecule has 1 aliphatic rings. The number of pyridine rings is 1. The van der Waals surface area contributed by atoms with Crippen molar-refractivity contribution in [3.05, 3.63) is 108 Å². The predicted molar refractivity (Wildman–Crippen MR) is 117 cm³/mol. The summed E-state index contributed by atoms with van der Waals surface area (Å²) in [6, 6.07) is 23.3. The highest BCUT2D eigenvalue weighted by molar-refractivity contribution is 6.04. The van der Waals surface area contributed by atoms with Crippen LogP contribution in [0.2, 0.25) is 0 Å². The second-order valence-corrected chi connectivity index (χ2v) is 7.25. The maximum Gasteiger partial charge on any atom is 0.310 e. The zero-order valence-corrected chi connectivity index (χ0v) is 16.6. The Morgan fingerprint density at radius 3 is 2.48 bits per heavy atom. The van der Waals surface area contributed by atoms with E-state index in [1.165, 1.54) is 5.01 Å². The lowest BCUT2D eigenvalue weighted by Gasteiger charge is -2.21. The standard InChI is InChI=1S/C25H19N3O3/c29-22-11-5-4-10-19(22)21-15-20(18-9-6-14-26-16-18)27-28(21)25(30)24-13-12-23(31-24)17-7-2-1-3-8-17/h1-14,16,21,29H,15H2. The summed E-state index contributed by atoms with van der Waals surface area (Å²) < 4.78 is 5.86. The Hall–Kier alpha value is -4.19. The van der Waals surface area contributed by atoms with Gasteiger partial charge in [-0.05, 0) is 24.3 Å². The Labute approximate surface area is 179 Å². The van der Waals surface area contributed by atoms with Crippen molar-refractivity contribution in [3.8, 4) is 17.1 Å². The first kappa shape index (κ1) is 18.8. The first-order valence-corrected chi connectivity index (χ1v) is 9.95. The fourth-order valence-electron chi connectivity index (χ4n) is 3.74. The number of benzene rings is 2. The summed E-state index contributed by atoms with van der Waals surface area (Å²) in [5.74, 6) is 0.556. The molecule has 2 aromatic carbocycles. The van der Waals surface area contributed by atoms with Crippen LogP contribution in [0.5, 0.6) is 5.75 Å². The molecular weight excluding hydrogens is 390 g/mol. The van der Waals surface area contributed by atoms with E-state index in [4.69, 9.17) is 4.42 Å². The van der Waals surface area contributed by atoms with Gasteiger partial charge in [0.25, 0.3) is 0 Å². The highest BCUT2D eigenvalue weighted by atomic mass is 16.4. The van der Waals surface area contributed by atoms with Crippen LogP contribution in [0.15, 0.2) is 101 Å². The number of aromatic hydroxyl groups is 1. The lowest BCUT2D eigenvalue weighted by molar-refractivity contribution is 0.0678. The highest BCUT2D eigenvalue weighted by Gasteiger charge is 2.36. The van der Waals surface area contributed by atoms with Gasteiger partial charge in [-0.15, -0.1) is 0 Å².